The lowest BCUT2D eigenvalue weighted by molar-refractivity contribution is -0.116. The van der Waals surface area contributed by atoms with Crippen molar-refractivity contribution in [2.24, 2.45) is 0 Å². The van der Waals surface area contributed by atoms with Crippen LogP contribution in [-0.4, -0.2) is 46.1 Å². The molecule has 1 aliphatic heterocycles. The number of thiophene rings is 1. The van der Waals surface area contributed by atoms with Crippen LogP contribution in [0.1, 0.15) is 9.67 Å². The number of nitrogens with one attached hydrogen (secondary N) is 3. The molecular formula is C24H19N7O3S. The minimum Gasteiger partial charge on any atom is -0.351 e. The van der Waals surface area contributed by atoms with Gasteiger partial charge >= 0.3 is 6.03 Å². The minimum absolute atomic E-state index is 0.217. The fourth-order valence-corrected chi connectivity index (χ4v) is 4.77. The van der Waals surface area contributed by atoms with Crippen molar-refractivity contribution in [3.63, 3.8) is 0 Å². The standard InChI is InChI=1S/C24H19N7O3S/c1-2-18(32)25-10-11-26-22(33)21-20-19-16(8-9-27-23(19)35-21)31(24(34)29-20)17-12-15(13-28-30-17)14-6-4-3-5-7-14/h2-9,12-13H,1,10-11H2,(H,25,32)(H,26,33)(H,29,34). The largest absolute Gasteiger partial charge is 0.351 e. The number of carbonyl (C=O) groups excluding carboxylic acids is 3. The summed E-state index contributed by atoms with van der Waals surface area (Å²) in [6, 6.07) is 12.7. The quantitative estimate of drug-likeness (QED) is 0.272. The van der Waals surface area contributed by atoms with Crippen molar-refractivity contribution in [3.8, 4) is 11.1 Å². The lowest BCUT2D eigenvalue weighted by atomic mass is 10.1. The molecule has 4 amide bonds. The molecular weight excluding hydrogens is 466 g/mol. The van der Waals surface area contributed by atoms with Crippen molar-refractivity contribution in [3.05, 3.63) is 72.4 Å². The Kier molecular flexibility index (Phi) is 5.90. The zero-order valence-corrected chi connectivity index (χ0v) is 19.1. The highest BCUT2D eigenvalue weighted by Crippen LogP contribution is 2.45. The SMILES string of the molecule is C=CC(=O)NCCNC(=O)c1sc2nccc3c2c1NC(=O)N3c1cc(-c2ccccc2)cnn1. The molecule has 0 unspecified atom stereocenters. The van der Waals surface area contributed by atoms with Gasteiger partial charge in [0.15, 0.2) is 5.82 Å². The van der Waals surface area contributed by atoms with Gasteiger partial charge in [0.25, 0.3) is 5.91 Å². The summed E-state index contributed by atoms with van der Waals surface area (Å²) in [4.78, 5) is 44.1. The zero-order chi connectivity index (χ0) is 24.4. The first-order valence-electron chi connectivity index (χ1n) is 10.7. The van der Waals surface area contributed by atoms with E-state index in [2.05, 4.69) is 37.7 Å². The van der Waals surface area contributed by atoms with Crippen molar-refractivity contribution < 1.29 is 14.4 Å². The highest BCUT2D eigenvalue weighted by Gasteiger charge is 2.33. The molecule has 0 aliphatic carbocycles. The maximum Gasteiger partial charge on any atom is 0.332 e. The van der Waals surface area contributed by atoms with Crippen molar-refractivity contribution in [2.75, 3.05) is 23.3 Å². The van der Waals surface area contributed by atoms with Gasteiger partial charge < -0.3 is 16.0 Å². The number of pyridine rings is 1. The first-order chi connectivity index (χ1) is 17.1. The van der Waals surface area contributed by atoms with Gasteiger partial charge in [0.1, 0.15) is 9.71 Å². The first-order valence-corrected chi connectivity index (χ1v) is 11.5. The Morgan fingerprint density at radius 2 is 1.91 bits per heavy atom. The Balaban J connectivity index is 1.48. The highest BCUT2D eigenvalue weighted by molar-refractivity contribution is 7.21. The van der Waals surface area contributed by atoms with E-state index < -0.39 is 6.03 Å². The van der Waals surface area contributed by atoms with E-state index in [1.807, 2.05) is 30.3 Å². The van der Waals surface area contributed by atoms with Gasteiger partial charge in [0.05, 0.1) is 23.0 Å². The van der Waals surface area contributed by atoms with Crippen LogP contribution in [0.2, 0.25) is 0 Å². The van der Waals surface area contributed by atoms with E-state index in [4.69, 9.17) is 0 Å². The molecule has 1 aromatic carbocycles. The zero-order valence-electron chi connectivity index (χ0n) is 18.3. The minimum atomic E-state index is -0.463. The predicted octanol–water partition coefficient (Wildman–Crippen LogP) is 3.47. The number of hydrogen-bond acceptors (Lipinski definition) is 7. The molecule has 0 saturated heterocycles. The molecule has 0 atom stereocenters. The Bertz CT molecular complexity index is 1470. The molecule has 174 valence electrons. The molecule has 4 aromatic rings. The maximum atomic E-state index is 13.2. The maximum absolute atomic E-state index is 13.2. The number of aromatic nitrogens is 3. The third-order valence-corrected chi connectivity index (χ3v) is 6.42. The molecule has 3 N–H and O–H groups in total. The summed E-state index contributed by atoms with van der Waals surface area (Å²) in [7, 11) is 0. The topological polar surface area (TPSA) is 129 Å². The third kappa shape index (κ3) is 4.20. The van der Waals surface area contributed by atoms with Crippen LogP contribution in [-0.2, 0) is 4.79 Å². The first kappa shape index (κ1) is 22.2. The van der Waals surface area contributed by atoms with Crippen molar-refractivity contribution in [1.29, 1.82) is 0 Å². The summed E-state index contributed by atoms with van der Waals surface area (Å²) in [5, 5.41) is 17.1. The third-order valence-electron chi connectivity index (χ3n) is 5.33. The molecule has 4 heterocycles. The van der Waals surface area contributed by atoms with E-state index in [1.165, 1.54) is 16.2 Å². The summed E-state index contributed by atoms with van der Waals surface area (Å²) in [5.41, 5.74) is 2.71. The van der Waals surface area contributed by atoms with E-state index in [1.54, 1.807) is 24.5 Å². The Labute approximate surface area is 203 Å². The number of rotatable bonds is 7. The van der Waals surface area contributed by atoms with Crippen molar-refractivity contribution in [2.45, 2.75) is 0 Å². The van der Waals surface area contributed by atoms with Crippen LogP contribution in [0.3, 0.4) is 0 Å². The number of nitrogens with zero attached hydrogens (tertiary/aromatic N) is 4. The van der Waals surface area contributed by atoms with E-state index in [0.29, 0.717) is 32.3 Å². The Morgan fingerprint density at radius 3 is 2.71 bits per heavy atom. The van der Waals surface area contributed by atoms with Gasteiger partial charge in [-0.2, -0.15) is 5.10 Å². The van der Waals surface area contributed by atoms with Gasteiger partial charge in [-0.3, -0.25) is 9.59 Å². The van der Waals surface area contributed by atoms with E-state index in [-0.39, 0.29) is 24.9 Å². The monoisotopic (exact) mass is 485 g/mol. The van der Waals surface area contributed by atoms with Crippen LogP contribution in [0.4, 0.5) is 22.0 Å². The average Bonchev–Trinajstić information content (AvgIpc) is 3.26. The van der Waals surface area contributed by atoms with Crippen LogP contribution in [0, 0.1) is 0 Å². The van der Waals surface area contributed by atoms with Crippen LogP contribution < -0.4 is 20.9 Å². The molecule has 10 nitrogen and oxygen atoms in total. The number of carbonyl (C=O) groups is 3. The molecule has 0 radical (unpaired) electrons. The van der Waals surface area contributed by atoms with E-state index >= 15 is 0 Å². The number of urea groups is 1. The number of anilines is 3. The number of hydrogen-bond donors (Lipinski definition) is 3. The van der Waals surface area contributed by atoms with Crippen molar-refractivity contribution >= 4 is 56.6 Å². The molecule has 0 fully saturated rings. The van der Waals surface area contributed by atoms with Gasteiger partial charge in [-0.15, -0.1) is 16.4 Å². The summed E-state index contributed by atoms with van der Waals surface area (Å²) in [6.07, 6.45) is 4.38. The smallest absolute Gasteiger partial charge is 0.332 e. The summed E-state index contributed by atoms with van der Waals surface area (Å²) in [6.45, 7) is 3.85. The molecule has 3 aromatic heterocycles. The normalized spacial score (nSPS) is 12.2. The van der Waals surface area contributed by atoms with E-state index in [9.17, 15) is 14.4 Å². The Morgan fingerprint density at radius 1 is 1.11 bits per heavy atom. The van der Waals surface area contributed by atoms with Gasteiger partial charge in [0, 0.05) is 24.8 Å². The molecule has 1 aliphatic rings. The lowest BCUT2D eigenvalue weighted by Gasteiger charge is -2.27. The van der Waals surface area contributed by atoms with E-state index in [0.717, 1.165) is 17.2 Å². The molecule has 35 heavy (non-hydrogen) atoms. The van der Waals surface area contributed by atoms with Gasteiger partial charge in [-0.1, -0.05) is 36.9 Å². The van der Waals surface area contributed by atoms with Crippen molar-refractivity contribution in [1.82, 2.24) is 25.8 Å². The average molecular weight is 486 g/mol. The fourth-order valence-electron chi connectivity index (χ4n) is 3.74. The molecule has 11 heteroatoms. The second-order valence-corrected chi connectivity index (χ2v) is 8.50. The van der Waals surface area contributed by atoms with Gasteiger partial charge in [0.2, 0.25) is 5.91 Å². The van der Waals surface area contributed by atoms with Crippen LogP contribution in [0.25, 0.3) is 21.3 Å². The van der Waals surface area contributed by atoms with Gasteiger partial charge in [-0.25, -0.2) is 14.7 Å². The highest BCUT2D eigenvalue weighted by atomic mass is 32.1. The summed E-state index contributed by atoms with van der Waals surface area (Å²) in [5.74, 6) is -0.351. The number of amides is 4. The predicted molar refractivity (Wildman–Crippen MR) is 134 cm³/mol. The summed E-state index contributed by atoms with van der Waals surface area (Å²) < 4.78 is 0. The summed E-state index contributed by atoms with van der Waals surface area (Å²) >= 11 is 1.17. The second kappa shape index (κ2) is 9.31. The second-order valence-electron chi connectivity index (χ2n) is 7.50. The van der Waals surface area contributed by atoms with Gasteiger partial charge in [-0.05, 0) is 23.8 Å². The number of benzene rings is 1. The Hall–Kier alpha value is -4.64. The van der Waals surface area contributed by atoms with Crippen LogP contribution in [0.15, 0.2) is 67.5 Å². The fraction of sp³-hybridized carbons (Fsp3) is 0.0833. The molecule has 5 rings (SSSR count). The molecule has 0 spiro atoms. The molecule has 0 bridgehead atoms. The lowest BCUT2D eigenvalue weighted by Crippen LogP contribution is -2.36. The van der Waals surface area contributed by atoms with Crippen LogP contribution >= 0.6 is 11.3 Å². The van der Waals surface area contributed by atoms with Crippen LogP contribution in [0.5, 0.6) is 0 Å². The molecule has 0 saturated carbocycles.